The number of hydrogen-bond donors (Lipinski definition) is 4. The first-order valence-electron chi connectivity index (χ1n) is 10.3. The lowest BCUT2D eigenvalue weighted by molar-refractivity contribution is -0.0552. The van der Waals surface area contributed by atoms with Crippen LogP contribution < -0.4 is 11.2 Å². The van der Waals surface area contributed by atoms with E-state index in [4.69, 9.17) is 28.0 Å². The van der Waals surface area contributed by atoms with E-state index in [1.54, 1.807) is 7.11 Å². The molecule has 6 atom stereocenters. The first-order chi connectivity index (χ1) is 15.7. The molecule has 0 amide bonds. The quantitative estimate of drug-likeness (QED) is 0.166. The number of aromatic nitrogens is 2. The van der Waals surface area contributed by atoms with Crippen LogP contribution in [-0.4, -0.2) is 95.8 Å². The fourth-order valence-electron chi connectivity index (χ4n) is 3.02. The van der Waals surface area contributed by atoms with Crippen molar-refractivity contribution in [3.8, 4) is 0 Å². The third-order valence-corrected chi connectivity index (χ3v) is 5.73. The average molecular weight is 498 g/mol. The van der Waals surface area contributed by atoms with Crippen LogP contribution in [0.5, 0.6) is 0 Å². The molecule has 15 heteroatoms. The predicted octanol–water partition coefficient (Wildman–Crippen LogP) is -1.25. The van der Waals surface area contributed by atoms with Gasteiger partial charge in [0.1, 0.15) is 18.3 Å². The second kappa shape index (κ2) is 13.4. The van der Waals surface area contributed by atoms with Crippen LogP contribution in [0.2, 0.25) is 0 Å². The average Bonchev–Trinajstić information content (AvgIpc) is 3.06. The van der Waals surface area contributed by atoms with Crippen molar-refractivity contribution in [1.82, 2.24) is 9.55 Å². The van der Waals surface area contributed by atoms with Crippen molar-refractivity contribution in [2.24, 2.45) is 0 Å². The third-order valence-electron chi connectivity index (χ3n) is 4.71. The molecule has 1 saturated heterocycles. The van der Waals surface area contributed by atoms with Gasteiger partial charge in [0.2, 0.25) is 0 Å². The van der Waals surface area contributed by atoms with Gasteiger partial charge in [0, 0.05) is 26.0 Å². The van der Waals surface area contributed by atoms with Gasteiger partial charge in [-0.1, -0.05) is 0 Å². The third kappa shape index (κ3) is 8.68. The lowest BCUT2D eigenvalue weighted by Gasteiger charge is -2.22. The molecule has 1 aromatic heterocycles. The van der Waals surface area contributed by atoms with Crippen LogP contribution >= 0.6 is 7.82 Å². The molecule has 0 spiro atoms. The smallest absolute Gasteiger partial charge is 0.394 e. The Morgan fingerprint density at radius 1 is 1.24 bits per heavy atom. The van der Waals surface area contributed by atoms with Crippen LogP contribution in [0.25, 0.3) is 0 Å². The van der Waals surface area contributed by atoms with Crippen LogP contribution in [0.1, 0.15) is 19.6 Å². The Balaban J connectivity index is 1.83. The van der Waals surface area contributed by atoms with Gasteiger partial charge in [-0.05, 0) is 13.3 Å². The van der Waals surface area contributed by atoms with Crippen LogP contribution in [0, 0.1) is 0 Å². The zero-order valence-electron chi connectivity index (χ0n) is 18.4. The Hall–Kier alpha value is -1.45. The summed E-state index contributed by atoms with van der Waals surface area (Å²) in [6.45, 7) is 2.29. The van der Waals surface area contributed by atoms with E-state index in [9.17, 15) is 29.3 Å². The number of hydrogen-bond acceptors (Lipinski definition) is 11. The fourth-order valence-corrected chi connectivity index (χ4v) is 3.95. The molecule has 33 heavy (non-hydrogen) atoms. The number of phosphoric ester groups is 1. The van der Waals surface area contributed by atoms with E-state index in [0.29, 0.717) is 26.2 Å². The highest BCUT2D eigenvalue weighted by molar-refractivity contribution is 7.47. The van der Waals surface area contributed by atoms with Crippen molar-refractivity contribution in [3.05, 3.63) is 33.1 Å². The summed E-state index contributed by atoms with van der Waals surface area (Å²) >= 11 is 0. The standard InChI is InChI=1S/C18H31N2O12P/c1-12(4-6-28-8-7-27-2)29-9-10-30-33(25,26)32-16-13(11-21)31-17(15(16)23)20-5-3-14(22)19-18(20)24/h3,5,12-13,15-17,21,23H,4,6-11H2,1-2H3,(H,25,26)(H,19,22,24)/t12?,13-,15?,16?,17-/m1/s1. The fraction of sp³-hybridized carbons (Fsp3) is 0.778. The summed E-state index contributed by atoms with van der Waals surface area (Å²) in [6.07, 6.45) is -4.21. The minimum Gasteiger partial charge on any atom is -0.394 e. The van der Waals surface area contributed by atoms with Crippen molar-refractivity contribution in [3.63, 3.8) is 0 Å². The summed E-state index contributed by atoms with van der Waals surface area (Å²) in [4.78, 5) is 35.2. The minimum absolute atomic E-state index is 0.00427. The molecule has 0 saturated carbocycles. The molecule has 2 heterocycles. The molecule has 1 fully saturated rings. The van der Waals surface area contributed by atoms with Crippen molar-refractivity contribution >= 4 is 7.82 Å². The van der Waals surface area contributed by atoms with Gasteiger partial charge in [0.05, 0.1) is 39.1 Å². The molecule has 190 valence electrons. The number of rotatable bonds is 15. The molecular weight excluding hydrogens is 467 g/mol. The Bertz CT molecular complexity index is 876. The summed E-state index contributed by atoms with van der Waals surface area (Å²) < 4.78 is 44.1. The molecule has 0 bridgehead atoms. The zero-order chi connectivity index (χ0) is 24.4. The molecule has 4 unspecified atom stereocenters. The summed E-state index contributed by atoms with van der Waals surface area (Å²) in [5.41, 5.74) is -1.53. The van der Waals surface area contributed by atoms with Crippen LogP contribution in [-0.2, 0) is 32.6 Å². The van der Waals surface area contributed by atoms with Gasteiger partial charge in [-0.3, -0.25) is 23.4 Å². The van der Waals surface area contributed by atoms with E-state index in [1.807, 2.05) is 11.9 Å². The van der Waals surface area contributed by atoms with Gasteiger partial charge in [0.25, 0.3) is 5.56 Å². The van der Waals surface area contributed by atoms with Gasteiger partial charge in [-0.2, -0.15) is 0 Å². The number of nitrogens with one attached hydrogen (secondary N) is 1. The molecule has 4 N–H and O–H groups in total. The Kier molecular flexibility index (Phi) is 11.3. The highest BCUT2D eigenvalue weighted by Gasteiger charge is 2.48. The van der Waals surface area contributed by atoms with Crippen LogP contribution in [0.3, 0.4) is 0 Å². The number of aliphatic hydroxyl groups excluding tert-OH is 2. The SMILES string of the molecule is COCCOCCC(C)OCCOP(=O)(O)OC1C(O)[C@H](n2ccc(=O)[nH]c2=O)O[C@@H]1CO. The van der Waals surface area contributed by atoms with Crippen LogP contribution in [0.4, 0.5) is 0 Å². The Morgan fingerprint density at radius 2 is 2.00 bits per heavy atom. The molecule has 0 aromatic carbocycles. The van der Waals surface area contributed by atoms with Gasteiger partial charge < -0.3 is 34.1 Å². The monoisotopic (exact) mass is 498 g/mol. The Morgan fingerprint density at radius 3 is 2.67 bits per heavy atom. The lowest BCUT2D eigenvalue weighted by atomic mass is 10.1. The number of nitrogens with zero attached hydrogens (tertiary/aromatic N) is 1. The van der Waals surface area contributed by atoms with Crippen molar-refractivity contribution in [1.29, 1.82) is 0 Å². The summed E-state index contributed by atoms with van der Waals surface area (Å²) in [7, 11) is -3.10. The number of methoxy groups -OCH3 is 1. The van der Waals surface area contributed by atoms with Gasteiger partial charge >= 0.3 is 13.5 Å². The number of aromatic amines is 1. The highest BCUT2D eigenvalue weighted by atomic mass is 31.2. The zero-order valence-corrected chi connectivity index (χ0v) is 19.3. The predicted molar refractivity (Wildman–Crippen MR) is 112 cm³/mol. The van der Waals surface area contributed by atoms with E-state index in [-0.39, 0.29) is 19.3 Å². The van der Waals surface area contributed by atoms with E-state index >= 15 is 0 Å². The summed E-state index contributed by atoms with van der Waals surface area (Å²) in [6, 6.07) is 1.03. The first-order valence-corrected chi connectivity index (χ1v) is 11.8. The van der Waals surface area contributed by atoms with Crippen molar-refractivity contribution in [2.45, 2.75) is 44.0 Å². The molecule has 2 rings (SSSR count). The van der Waals surface area contributed by atoms with Gasteiger partial charge in [0.15, 0.2) is 6.23 Å². The Labute approximate surface area is 189 Å². The maximum atomic E-state index is 12.3. The minimum atomic E-state index is -4.68. The molecule has 1 aliphatic heterocycles. The first kappa shape index (κ1) is 27.8. The molecular formula is C18H31N2O12P. The normalized spacial score (nSPS) is 25.7. The second-order valence-corrected chi connectivity index (χ2v) is 8.61. The van der Waals surface area contributed by atoms with Crippen molar-refractivity contribution < 1.29 is 47.7 Å². The van der Waals surface area contributed by atoms with Crippen LogP contribution in [0.15, 0.2) is 21.9 Å². The van der Waals surface area contributed by atoms with Gasteiger partial charge in [-0.25, -0.2) is 9.36 Å². The maximum absolute atomic E-state index is 12.3. The van der Waals surface area contributed by atoms with E-state index in [1.165, 1.54) is 0 Å². The number of ether oxygens (including phenoxy) is 4. The topological polar surface area (TPSA) is 188 Å². The molecule has 1 aromatic rings. The molecule has 1 aliphatic rings. The number of H-pyrrole nitrogens is 1. The molecule has 0 aliphatic carbocycles. The van der Waals surface area contributed by atoms with E-state index in [2.05, 4.69) is 0 Å². The largest absolute Gasteiger partial charge is 0.472 e. The molecule has 0 radical (unpaired) electrons. The summed E-state index contributed by atoms with van der Waals surface area (Å²) in [5.74, 6) is 0. The van der Waals surface area contributed by atoms with Gasteiger partial charge in [-0.15, -0.1) is 0 Å². The second-order valence-electron chi connectivity index (χ2n) is 7.20. The lowest BCUT2D eigenvalue weighted by Crippen LogP contribution is -2.38. The van der Waals surface area contributed by atoms with Crippen molar-refractivity contribution in [2.75, 3.05) is 46.8 Å². The van der Waals surface area contributed by atoms with E-state index < -0.39 is 50.2 Å². The molecule has 14 nitrogen and oxygen atoms in total. The number of aliphatic hydroxyl groups is 2. The van der Waals surface area contributed by atoms with E-state index in [0.717, 1.165) is 16.8 Å². The summed E-state index contributed by atoms with van der Waals surface area (Å²) in [5, 5.41) is 20.0. The highest BCUT2D eigenvalue weighted by Crippen LogP contribution is 2.48. The maximum Gasteiger partial charge on any atom is 0.472 e. The number of phosphoric acid groups is 1.